The van der Waals surface area contributed by atoms with E-state index in [-0.39, 0.29) is 24.0 Å². The lowest BCUT2D eigenvalue weighted by atomic mass is 9.97. The number of imide groups is 1. The van der Waals surface area contributed by atoms with Crippen LogP contribution in [0.25, 0.3) is 0 Å². The van der Waals surface area contributed by atoms with Gasteiger partial charge in [-0.15, -0.1) is 0 Å². The van der Waals surface area contributed by atoms with Crippen LogP contribution in [0.4, 0.5) is 0 Å². The predicted octanol–water partition coefficient (Wildman–Crippen LogP) is 3.32. The minimum absolute atomic E-state index is 0.179. The quantitative estimate of drug-likeness (QED) is 0.681. The molecule has 1 N–H and O–H groups in total. The summed E-state index contributed by atoms with van der Waals surface area (Å²) in [4.78, 5) is 50.4. The first kappa shape index (κ1) is 21.9. The predicted molar refractivity (Wildman–Crippen MR) is 120 cm³/mol. The fraction of sp³-hybridized carbons (Fsp3) is 0.385. The summed E-state index contributed by atoms with van der Waals surface area (Å²) in [6.45, 7) is 4.65. The van der Waals surface area contributed by atoms with Crippen molar-refractivity contribution in [3.05, 3.63) is 70.3 Å². The van der Waals surface area contributed by atoms with Gasteiger partial charge in [-0.1, -0.05) is 50.2 Å². The monoisotopic (exact) mass is 432 g/mol. The van der Waals surface area contributed by atoms with Gasteiger partial charge in [-0.3, -0.25) is 24.5 Å². The minimum atomic E-state index is -0.611. The van der Waals surface area contributed by atoms with Gasteiger partial charge in [0.1, 0.15) is 11.8 Å². The molecule has 0 spiro atoms. The Labute approximate surface area is 188 Å². The first-order valence-corrected chi connectivity index (χ1v) is 11.2. The second kappa shape index (κ2) is 9.07. The molecule has 0 bridgehead atoms. The Hall–Kier alpha value is -3.28. The lowest BCUT2D eigenvalue weighted by Crippen LogP contribution is -2.52. The van der Waals surface area contributed by atoms with Crippen LogP contribution in [0.15, 0.2) is 42.5 Å². The summed E-state index contributed by atoms with van der Waals surface area (Å²) >= 11 is 0. The Morgan fingerprint density at radius 2 is 1.78 bits per heavy atom. The number of Topliss-reactive ketones (excluding diaryl/α,β-unsaturated/α-hetero) is 1. The highest BCUT2D eigenvalue weighted by molar-refractivity contribution is 6.05. The Morgan fingerprint density at radius 1 is 1.06 bits per heavy atom. The third-order valence-corrected chi connectivity index (χ3v) is 6.33. The van der Waals surface area contributed by atoms with Gasteiger partial charge in [-0.05, 0) is 47.1 Å². The average molecular weight is 433 g/mol. The molecule has 1 unspecified atom stereocenters. The van der Waals surface area contributed by atoms with E-state index in [1.54, 1.807) is 11.0 Å². The molecule has 0 aromatic heterocycles. The molecule has 1 fully saturated rings. The van der Waals surface area contributed by atoms with Crippen LogP contribution in [0.1, 0.15) is 71.6 Å². The van der Waals surface area contributed by atoms with Gasteiger partial charge in [-0.2, -0.15) is 0 Å². The summed E-state index contributed by atoms with van der Waals surface area (Å²) in [5.74, 6) is -0.226. The van der Waals surface area contributed by atoms with E-state index >= 15 is 0 Å². The van der Waals surface area contributed by atoms with Gasteiger partial charge in [0.05, 0.1) is 0 Å². The van der Waals surface area contributed by atoms with Crippen molar-refractivity contribution in [2.45, 2.75) is 64.5 Å². The zero-order chi connectivity index (χ0) is 22.8. The maximum Gasteiger partial charge on any atom is 0.255 e. The second-order valence-corrected chi connectivity index (χ2v) is 9.00. The molecule has 1 atom stereocenters. The molecule has 2 aliphatic heterocycles. The molecule has 4 rings (SSSR count). The van der Waals surface area contributed by atoms with Crippen molar-refractivity contribution >= 4 is 23.5 Å². The Kier molecular flexibility index (Phi) is 6.21. The number of benzene rings is 2. The topological polar surface area (TPSA) is 83.6 Å². The zero-order valence-electron chi connectivity index (χ0n) is 18.5. The van der Waals surface area contributed by atoms with E-state index in [1.807, 2.05) is 24.3 Å². The molecular formula is C26H28N2O4. The highest BCUT2D eigenvalue weighted by Gasteiger charge is 2.39. The van der Waals surface area contributed by atoms with Crippen molar-refractivity contribution < 1.29 is 19.2 Å². The second-order valence-electron chi connectivity index (χ2n) is 9.00. The molecule has 2 aromatic rings. The number of hydrogen-bond donors (Lipinski definition) is 1. The van der Waals surface area contributed by atoms with Crippen LogP contribution >= 0.6 is 0 Å². The van der Waals surface area contributed by atoms with Gasteiger partial charge in [0.15, 0.2) is 0 Å². The summed E-state index contributed by atoms with van der Waals surface area (Å²) in [6.07, 6.45) is 2.07. The van der Waals surface area contributed by atoms with E-state index < -0.39 is 11.9 Å². The van der Waals surface area contributed by atoms with Gasteiger partial charge in [0, 0.05) is 31.4 Å². The first-order chi connectivity index (χ1) is 15.3. The molecule has 0 aliphatic carbocycles. The van der Waals surface area contributed by atoms with Crippen molar-refractivity contribution in [3.63, 3.8) is 0 Å². The Balaban J connectivity index is 1.35. The summed E-state index contributed by atoms with van der Waals surface area (Å²) in [7, 11) is 0. The molecule has 32 heavy (non-hydrogen) atoms. The number of rotatable bonds is 7. The molecule has 1 saturated heterocycles. The molecule has 166 valence electrons. The number of carbonyl (C=O) groups excluding carboxylic acids is 4. The van der Waals surface area contributed by atoms with Crippen LogP contribution in [0.3, 0.4) is 0 Å². The molecule has 0 saturated carbocycles. The van der Waals surface area contributed by atoms with E-state index in [2.05, 4.69) is 31.3 Å². The van der Waals surface area contributed by atoms with E-state index in [4.69, 9.17) is 0 Å². The number of carbonyl (C=O) groups is 4. The van der Waals surface area contributed by atoms with Gasteiger partial charge >= 0.3 is 0 Å². The maximum absolute atomic E-state index is 12.8. The largest absolute Gasteiger partial charge is 0.322 e. The highest BCUT2D eigenvalue weighted by atomic mass is 16.2. The zero-order valence-corrected chi connectivity index (χ0v) is 18.5. The summed E-state index contributed by atoms with van der Waals surface area (Å²) < 4.78 is 0. The number of hydrogen-bond acceptors (Lipinski definition) is 4. The van der Waals surface area contributed by atoms with Crippen LogP contribution in [0.5, 0.6) is 0 Å². The van der Waals surface area contributed by atoms with Crippen LogP contribution in [0, 0.1) is 0 Å². The van der Waals surface area contributed by atoms with E-state index in [0.29, 0.717) is 43.7 Å². The minimum Gasteiger partial charge on any atom is -0.322 e. The van der Waals surface area contributed by atoms with Gasteiger partial charge in [0.25, 0.3) is 5.91 Å². The van der Waals surface area contributed by atoms with Crippen LogP contribution < -0.4 is 5.32 Å². The molecule has 2 heterocycles. The van der Waals surface area contributed by atoms with Crippen molar-refractivity contribution in [1.82, 2.24) is 10.2 Å². The third-order valence-electron chi connectivity index (χ3n) is 6.33. The summed E-state index contributed by atoms with van der Waals surface area (Å²) in [5.41, 5.74) is 4.76. The lowest BCUT2D eigenvalue weighted by molar-refractivity contribution is -0.137. The van der Waals surface area contributed by atoms with E-state index in [1.165, 1.54) is 5.56 Å². The Bertz CT molecular complexity index is 1070. The average Bonchev–Trinajstić information content (AvgIpc) is 3.08. The first-order valence-electron chi connectivity index (χ1n) is 11.2. The van der Waals surface area contributed by atoms with Crippen LogP contribution in [0.2, 0.25) is 0 Å². The van der Waals surface area contributed by atoms with Crippen molar-refractivity contribution in [3.8, 4) is 0 Å². The van der Waals surface area contributed by atoms with Gasteiger partial charge < -0.3 is 4.90 Å². The summed E-state index contributed by atoms with van der Waals surface area (Å²) in [6, 6.07) is 13.2. The van der Waals surface area contributed by atoms with Crippen molar-refractivity contribution in [2.24, 2.45) is 0 Å². The smallest absolute Gasteiger partial charge is 0.255 e. The number of piperidine rings is 1. The standard InChI is InChI=1S/C26H28N2O4/c1-16(2)19-7-3-18(4-8-19)14-21(29)9-5-17-6-10-22-20(13-17)15-28(26(22)32)23-11-12-24(30)27-25(23)31/h3-4,6-8,10,13,16,23H,5,9,11-12,14-15H2,1-2H3,(H,27,30,31). The molecule has 2 aliphatic rings. The third kappa shape index (κ3) is 4.64. The number of ketones is 1. The number of nitrogens with zero attached hydrogens (tertiary/aromatic N) is 1. The fourth-order valence-corrected chi connectivity index (χ4v) is 4.40. The molecule has 6 heteroatoms. The Morgan fingerprint density at radius 3 is 2.47 bits per heavy atom. The molecule has 2 aromatic carbocycles. The SMILES string of the molecule is CC(C)c1ccc(CC(=O)CCc2ccc3c(c2)CN(C2CCC(=O)NC2=O)C3=O)cc1. The molecular weight excluding hydrogens is 404 g/mol. The van der Waals surface area contributed by atoms with Crippen molar-refractivity contribution in [1.29, 1.82) is 0 Å². The lowest BCUT2D eigenvalue weighted by Gasteiger charge is -2.29. The number of aryl methyl sites for hydroxylation is 1. The van der Waals surface area contributed by atoms with Crippen LogP contribution in [-0.4, -0.2) is 34.4 Å². The van der Waals surface area contributed by atoms with Gasteiger partial charge in [0.2, 0.25) is 11.8 Å². The normalized spacial score (nSPS) is 18.2. The molecule has 3 amide bonds. The fourth-order valence-electron chi connectivity index (χ4n) is 4.40. The van der Waals surface area contributed by atoms with Crippen molar-refractivity contribution in [2.75, 3.05) is 0 Å². The maximum atomic E-state index is 12.8. The number of nitrogens with one attached hydrogen (secondary N) is 1. The van der Waals surface area contributed by atoms with Gasteiger partial charge in [-0.25, -0.2) is 0 Å². The number of fused-ring (bicyclic) bond motifs is 1. The number of amides is 3. The molecule has 6 nitrogen and oxygen atoms in total. The summed E-state index contributed by atoms with van der Waals surface area (Å²) in [5, 5.41) is 2.32. The van der Waals surface area contributed by atoms with Crippen LogP contribution in [-0.2, 0) is 33.8 Å². The highest BCUT2D eigenvalue weighted by Crippen LogP contribution is 2.28. The van der Waals surface area contributed by atoms with E-state index in [9.17, 15) is 19.2 Å². The van der Waals surface area contributed by atoms with E-state index in [0.717, 1.165) is 16.7 Å². The molecule has 0 radical (unpaired) electrons.